The number of para-hydroxylation sites is 1. The van der Waals surface area contributed by atoms with Gasteiger partial charge in [0.25, 0.3) is 5.91 Å². The lowest BCUT2D eigenvalue weighted by molar-refractivity contribution is 0.102. The molecule has 1 aliphatic heterocycles. The van der Waals surface area contributed by atoms with Crippen molar-refractivity contribution < 1.29 is 14.0 Å². The highest BCUT2D eigenvalue weighted by atomic mass is 35.5. The van der Waals surface area contributed by atoms with Crippen molar-refractivity contribution in [1.29, 1.82) is 0 Å². The molecule has 0 bridgehead atoms. The number of urea groups is 1. The number of nitrogens with one attached hydrogen (secondary N) is 2. The summed E-state index contributed by atoms with van der Waals surface area (Å²) in [6, 6.07) is 13.0. The number of carbonyl (C=O) groups is 2. The second kappa shape index (κ2) is 9.40. The van der Waals surface area contributed by atoms with E-state index in [1.165, 1.54) is 29.5 Å². The molecule has 4 rings (SSSR count). The summed E-state index contributed by atoms with van der Waals surface area (Å²) < 4.78 is 13.3. The van der Waals surface area contributed by atoms with Crippen molar-refractivity contribution >= 4 is 46.3 Å². The Bertz CT molecular complexity index is 1090. The highest BCUT2D eigenvalue weighted by Gasteiger charge is 2.27. The van der Waals surface area contributed by atoms with E-state index >= 15 is 0 Å². The van der Waals surface area contributed by atoms with Crippen molar-refractivity contribution in [3.8, 4) is 0 Å². The van der Waals surface area contributed by atoms with Crippen LogP contribution in [0.1, 0.15) is 33.6 Å². The van der Waals surface area contributed by atoms with Crippen molar-refractivity contribution in [2.24, 2.45) is 0 Å². The molecule has 7 nitrogen and oxygen atoms in total. The first-order chi connectivity index (χ1) is 15.0. The average molecular weight is 460 g/mol. The molecule has 2 N–H and O–H groups in total. The number of amides is 3. The second-order valence-corrected chi connectivity index (χ2v) is 8.50. The zero-order valence-electron chi connectivity index (χ0n) is 16.3. The van der Waals surface area contributed by atoms with Crippen LogP contribution in [0.25, 0.3) is 0 Å². The first-order valence-corrected chi connectivity index (χ1v) is 10.9. The van der Waals surface area contributed by atoms with Crippen LogP contribution >= 0.6 is 22.9 Å². The van der Waals surface area contributed by atoms with Gasteiger partial charge in [-0.2, -0.15) is 0 Å². The number of aromatic nitrogens is 2. The molecular weight excluding hydrogens is 441 g/mol. The van der Waals surface area contributed by atoms with E-state index in [9.17, 15) is 14.0 Å². The molecule has 1 aliphatic rings. The minimum absolute atomic E-state index is 0.0418. The standard InChI is InChI=1S/C21H19ClFN5O2S/c22-16-12-15(6-7-17(16)23)25-21(30)28-10-8-13(9-11-28)19-26-27-20(31-19)18(29)24-14-4-2-1-3-5-14/h1-7,12-13H,8-11H2,(H,24,29)(H,25,30). The zero-order chi connectivity index (χ0) is 21.8. The maximum absolute atomic E-state index is 13.3. The molecule has 31 heavy (non-hydrogen) atoms. The fraction of sp³-hybridized carbons (Fsp3) is 0.238. The number of nitrogens with zero attached hydrogens (tertiary/aromatic N) is 3. The van der Waals surface area contributed by atoms with E-state index < -0.39 is 5.82 Å². The van der Waals surface area contributed by atoms with Gasteiger partial charge < -0.3 is 15.5 Å². The zero-order valence-corrected chi connectivity index (χ0v) is 17.9. The van der Waals surface area contributed by atoms with Gasteiger partial charge in [0.2, 0.25) is 5.01 Å². The predicted octanol–water partition coefficient (Wildman–Crippen LogP) is 4.99. The number of hydrogen-bond acceptors (Lipinski definition) is 5. The van der Waals surface area contributed by atoms with Gasteiger partial charge in [-0.3, -0.25) is 4.79 Å². The Labute approximate surface area is 187 Å². The van der Waals surface area contributed by atoms with Crippen LogP contribution in [-0.4, -0.2) is 40.1 Å². The molecule has 2 aromatic carbocycles. The lowest BCUT2D eigenvalue weighted by Gasteiger charge is -2.31. The Morgan fingerprint density at radius 1 is 1.03 bits per heavy atom. The molecule has 0 saturated carbocycles. The number of hydrogen-bond donors (Lipinski definition) is 2. The first-order valence-electron chi connectivity index (χ1n) is 9.70. The topological polar surface area (TPSA) is 87.2 Å². The Kier molecular flexibility index (Phi) is 6.43. The molecule has 3 amide bonds. The van der Waals surface area contributed by atoms with Gasteiger partial charge in [0.1, 0.15) is 10.8 Å². The van der Waals surface area contributed by atoms with Crippen molar-refractivity contribution in [1.82, 2.24) is 15.1 Å². The fourth-order valence-electron chi connectivity index (χ4n) is 3.30. The number of likely N-dealkylation sites (tertiary alicyclic amines) is 1. The van der Waals surface area contributed by atoms with Gasteiger partial charge in [0.05, 0.1) is 5.02 Å². The van der Waals surface area contributed by atoms with Crippen molar-refractivity contribution in [2.45, 2.75) is 18.8 Å². The molecule has 1 fully saturated rings. The van der Waals surface area contributed by atoms with Crippen LogP contribution in [0, 0.1) is 5.82 Å². The highest BCUT2D eigenvalue weighted by Crippen LogP contribution is 2.31. The summed E-state index contributed by atoms with van der Waals surface area (Å²) in [5.41, 5.74) is 1.14. The molecule has 0 unspecified atom stereocenters. The van der Waals surface area contributed by atoms with E-state index in [1.807, 2.05) is 18.2 Å². The lowest BCUT2D eigenvalue weighted by atomic mass is 9.98. The maximum atomic E-state index is 13.3. The minimum Gasteiger partial charge on any atom is -0.324 e. The molecule has 0 aliphatic carbocycles. The van der Waals surface area contributed by atoms with E-state index in [1.54, 1.807) is 17.0 Å². The third-order valence-electron chi connectivity index (χ3n) is 4.97. The molecular formula is C21H19ClFN5O2S. The summed E-state index contributed by atoms with van der Waals surface area (Å²) in [6.45, 7) is 1.08. The summed E-state index contributed by atoms with van der Waals surface area (Å²) in [7, 11) is 0. The molecule has 2 heterocycles. The molecule has 1 aromatic heterocycles. The fourth-order valence-corrected chi connectivity index (χ4v) is 4.39. The summed E-state index contributed by atoms with van der Waals surface area (Å²) >= 11 is 7.04. The van der Waals surface area contributed by atoms with Gasteiger partial charge in [-0.15, -0.1) is 10.2 Å². The van der Waals surface area contributed by atoms with Gasteiger partial charge in [0, 0.05) is 30.4 Å². The second-order valence-electron chi connectivity index (χ2n) is 7.09. The number of benzene rings is 2. The quantitative estimate of drug-likeness (QED) is 0.575. The third-order valence-corrected chi connectivity index (χ3v) is 6.34. The average Bonchev–Trinajstić information content (AvgIpc) is 3.28. The van der Waals surface area contributed by atoms with Crippen LogP contribution in [0.3, 0.4) is 0 Å². The Hall–Kier alpha value is -3.04. The van der Waals surface area contributed by atoms with Crippen LogP contribution in [0.5, 0.6) is 0 Å². The molecule has 10 heteroatoms. The van der Waals surface area contributed by atoms with Crippen molar-refractivity contribution in [3.05, 3.63) is 69.4 Å². The van der Waals surface area contributed by atoms with Crippen LogP contribution in [-0.2, 0) is 0 Å². The van der Waals surface area contributed by atoms with E-state index in [2.05, 4.69) is 20.8 Å². The van der Waals surface area contributed by atoms with E-state index in [0.717, 1.165) is 5.01 Å². The Morgan fingerprint density at radius 3 is 2.48 bits per heavy atom. The van der Waals surface area contributed by atoms with Gasteiger partial charge in [0.15, 0.2) is 0 Å². The molecule has 0 spiro atoms. The highest BCUT2D eigenvalue weighted by molar-refractivity contribution is 7.13. The largest absolute Gasteiger partial charge is 0.324 e. The predicted molar refractivity (Wildman–Crippen MR) is 118 cm³/mol. The van der Waals surface area contributed by atoms with Crippen molar-refractivity contribution in [2.75, 3.05) is 23.7 Å². The molecule has 0 radical (unpaired) electrons. The van der Waals surface area contributed by atoms with Gasteiger partial charge in [-0.05, 0) is 43.2 Å². The Balaban J connectivity index is 1.31. The van der Waals surface area contributed by atoms with Crippen LogP contribution < -0.4 is 10.6 Å². The maximum Gasteiger partial charge on any atom is 0.321 e. The summed E-state index contributed by atoms with van der Waals surface area (Å²) in [6.07, 6.45) is 1.43. The van der Waals surface area contributed by atoms with Gasteiger partial charge >= 0.3 is 6.03 Å². The monoisotopic (exact) mass is 459 g/mol. The third kappa shape index (κ3) is 5.18. The molecule has 0 atom stereocenters. The smallest absolute Gasteiger partial charge is 0.321 e. The summed E-state index contributed by atoms with van der Waals surface area (Å²) in [4.78, 5) is 26.5. The van der Waals surface area contributed by atoms with Crippen molar-refractivity contribution in [3.63, 3.8) is 0 Å². The first kappa shape index (κ1) is 21.2. The minimum atomic E-state index is -0.533. The SMILES string of the molecule is O=C(Nc1ccccc1)c1nnc(C2CCN(C(=O)Nc3ccc(F)c(Cl)c3)CC2)s1. The number of carbonyl (C=O) groups excluding carboxylic acids is 2. The van der Waals surface area contributed by atoms with E-state index in [-0.39, 0.29) is 22.9 Å². The van der Waals surface area contributed by atoms with Crippen LogP contribution in [0.2, 0.25) is 5.02 Å². The van der Waals surface area contributed by atoms with Crippen LogP contribution in [0.15, 0.2) is 48.5 Å². The number of halogens is 2. The number of anilines is 2. The van der Waals surface area contributed by atoms with E-state index in [0.29, 0.717) is 42.3 Å². The Morgan fingerprint density at radius 2 is 1.77 bits per heavy atom. The molecule has 3 aromatic rings. The normalized spacial score (nSPS) is 14.3. The van der Waals surface area contributed by atoms with Crippen LogP contribution in [0.4, 0.5) is 20.6 Å². The summed E-state index contributed by atoms with van der Waals surface area (Å²) in [5.74, 6) is -0.681. The van der Waals surface area contributed by atoms with Gasteiger partial charge in [-0.25, -0.2) is 9.18 Å². The number of piperidine rings is 1. The van der Waals surface area contributed by atoms with E-state index in [4.69, 9.17) is 11.6 Å². The van der Waals surface area contributed by atoms with Gasteiger partial charge in [-0.1, -0.05) is 41.1 Å². The number of rotatable bonds is 4. The molecule has 1 saturated heterocycles. The summed E-state index contributed by atoms with van der Waals surface area (Å²) in [5, 5.41) is 14.8. The molecule has 160 valence electrons. The lowest BCUT2D eigenvalue weighted by Crippen LogP contribution is -2.40.